The Kier molecular flexibility index (Phi) is 3.35. The van der Waals surface area contributed by atoms with Crippen molar-refractivity contribution < 1.29 is 9.53 Å². The second-order valence-corrected chi connectivity index (χ2v) is 3.70. The molecular weight excluding hydrogens is 178 g/mol. The Morgan fingerprint density at radius 1 is 1.75 bits per heavy atom. The third-order valence-corrected chi connectivity index (χ3v) is 2.32. The molecule has 1 heterocycles. The standard InChI is InChI=1S/C8H14ClNO2/c1-6(9)8(11)10-4-3-7(5-10)12-2/h6-7H,3-5H2,1-2H3/t6-,7-/m1/s1. The van der Waals surface area contributed by atoms with Crippen molar-refractivity contribution >= 4 is 17.5 Å². The van der Waals surface area contributed by atoms with Crippen LogP contribution in [0, 0.1) is 0 Å². The zero-order valence-electron chi connectivity index (χ0n) is 7.42. The lowest BCUT2D eigenvalue weighted by molar-refractivity contribution is -0.129. The van der Waals surface area contributed by atoms with Crippen molar-refractivity contribution in [3.05, 3.63) is 0 Å². The molecule has 4 heteroatoms. The van der Waals surface area contributed by atoms with E-state index in [4.69, 9.17) is 16.3 Å². The summed E-state index contributed by atoms with van der Waals surface area (Å²) in [4.78, 5) is 13.1. The molecule has 0 spiro atoms. The Morgan fingerprint density at radius 2 is 2.42 bits per heavy atom. The van der Waals surface area contributed by atoms with Gasteiger partial charge in [0.15, 0.2) is 0 Å². The summed E-state index contributed by atoms with van der Waals surface area (Å²) in [6.07, 6.45) is 1.12. The van der Waals surface area contributed by atoms with E-state index in [2.05, 4.69) is 0 Å². The number of rotatable bonds is 2. The lowest BCUT2D eigenvalue weighted by Gasteiger charge is -2.17. The highest BCUT2D eigenvalue weighted by Crippen LogP contribution is 2.14. The van der Waals surface area contributed by atoms with Crippen LogP contribution >= 0.6 is 11.6 Å². The second-order valence-electron chi connectivity index (χ2n) is 3.05. The van der Waals surface area contributed by atoms with E-state index >= 15 is 0 Å². The molecule has 0 aromatic carbocycles. The maximum absolute atomic E-state index is 11.3. The lowest BCUT2D eigenvalue weighted by Crippen LogP contribution is -2.34. The number of alkyl halides is 1. The maximum atomic E-state index is 11.3. The topological polar surface area (TPSA) is 29.5 Å². The largest absolute Gasteiger partial charge is 0.380 e. The molecule has 3 nitrogen and oxygen atoms in total. The van der Waals surface area contributed by atoms with Crippen LogP contribution in [0.5, 0.6) is 0 Å². The number of carbonyl (C=O) groups is 1. The second kappa shape index (κ2) is 4.10. The minimum Gasteiger partial charge on any atom is -0.380 e. The first kappa shape index (κ1) is 9.81. The van der Waals surface area contributed by atoms with Crippen molar-refractivity contribution in [3.8, 4) is 0 Å². The summed E-state index contributed by atoms with van der Waals surface area (Å²) in [7, 11) is 1.67. The first-order valence-electron chi connectivity index (χ1n) is 4.10. The molecule has 1 saturated heterocycles. The average molecular weight is 192 g/mol. The Hall–Kier alpha value is -0.280. The summed E-state index contributed by atoms with van der Waals surface area (Å²) < 4.78 is 5.13. The van der Waals surface area contributed by atoms with Crippen molar-refractivity contribution in [3.63, 3.8) is 0 Å². The minimum absolute atomic E-state index is 0.0104. The van der Waals surface area contributed by atoms with Gasteiger partial charge in [0.1, 0.15) is 5.38 Å². The molecule has 0 aliphatic carbocycles. The van der Waals surface area contributed by atoms with Crippen LogP contribution in [0.3, 0.4) is 0 Å². The fraction of sp³-hybridized carbons (Fsp3) is 0.875. The molecule has 2 atom stereocenters. The van der Waals surface area contributed by atoms with Crippen molar-refractivity contribution in [1.29, 1.82) is 0 Å². The van der Waals surface area contributed by atoms with Gasteiger partial charge in [-0.1, -0.05) is 0 Å². The molecule has 0 saturated carbocycles. The monoisotopic (exact) mass is 191 g/mol. The number of carbonyl (C=O) groups excluding carboxylic acids is 1. The molecule has 1 rings (SSSR count). The van der Waals surface area contributed by atoms with Crippen LogP contribution in [0.1, 0.15) is 13.3 Å². The predicted molar refractivity (Wildman–Crippen MR) is 47.3 cm³/mol. The van der Waals surface area contributed by atoms with E-state index in [1.54, 1.807) is 18.9 Å². The number of ether oxygens (including phenoxy) is 1. The van der Waals surface area contributed by atoms with Gasteiger partial charge >= 0.3 is 0 Å². The van der Waals surface area contributed by atoms with Crippen molar-refractivity contribution in [1.82, 2.24) is 4.90 Å². The Morgan fingerprint density at radius 3 is 2.83 bits per heavy atom. The van der Waals surface area contributed by atoms with Crippen molar-refractivity contribution in [2.75, 3.05) is 20.2 Å². The molecule has 70 valence electrons. The van der Waals surface area contributed by atoms with Crippen LogP contribution in [0.2, 0.25) is 0 Å². The Bertz CT molecular complexity index is 172. The van der Waals surface area contributed by atoms with Gasteiger partial charge in [0.2, 0.25) is 5.91 Å². The molecule has 0 aromatic rings. The highest BCUT2D eigenvalue weighted by molar-refractivity contribution is 6.30. The predicted octanol–water partition coefficient (Wildman–Crippen LogP) is 0.861. The number of hydrogen-bond acceptors (Lipinski definition) is 2. The summed E-state index contributed by atoms with van der Waals surface area (Å²) in [6.45, 7) is 3.16. The van der Waals surface area contributed by atoms with Gasteiger partial charge in [0.05, 0.1) is 6.10 Å². The Balaban J connectivity index is 2.41. The van der Waals surface area contributed by atoms with Gasteiger partial charge < -0.3 is 9.64 Å². The van der Waals surface area contributed by atoms with E-state index in [9.17, 15) is 4.79 Å². The summed E-state index contributed by atoms with van der Waals surface area (Å²) in [5.74, 6) is 0.0104. The highest BCUT2D eigenvalue weighted by atomic mass is 35.5. The van der Waals surface area contributed by atoms with Crippen LogP contribution in [0.4, 0.5) is 0 Å². The number of likely N-dealkylation sites (tertiary alicyclic amines) is 1. The minimum atomic E-state index is -0.416. The van der Waals surface area contributed by atoms with E-state index in [1.807, 2.05) is 0 Å². The normalized spacial score (nSPS) is 25.9. The van der Waals surface area contributed by atoms with Crippen LogP contribution < -0.4 is 0 Å². The fourth-order valence-corrected chi connectivity index (χ4v) is 1.51. The summed E-state index contributed by atoms with van der Waals surface area (Å²) >= 11 is 5.67. The summed E-state index contributed by atoms with van der Waals surface area (Å²) in [6, 6.07) is 0. The fourth-order valence-electron chi connectivity index (χ4n) is 1.37. The molecule has 12 heavy (non-hydrogen) atoms. The van der Waals surface area contributed by atoms with Crippen molar-refractivity contribution in [2.45, 2.75) is 24.8 Å². The van der Waals surface area contributed by atoms with Gasteiger partial charge in [-0.2, -0.15) is 0 Å². The van der Waals surface area contributed by atoms with Crippen molar-refractivity contribution in [2.24, 2.45) is 0 Å². The SMILES string of the molecule is CO[C@@H]1CCN(C(=O)[C@@H](C)Cl)C1. The zero-order valence-corrected chi connectivity index (χ0v) is 8.17. The van der Waals surface area contributed by atoms with Crippen LogP contribution in [0.15, 0.2) is 0 Å². The van der Waals surface area contributed by atoms with Gasteiger partial charge in [0.25, 0.3) is 0 Å². The smallest absolute Gasteiger partial charge is 0.240 e. The molecule has 1 aliphatic heterocycles. The molecule has 0 bridgehead atoms. The van der Waals surface area contributed by atoms with E-state index < -0.39 is 5.38 Å². The van der Waals surface area contributed by atoms with Gasteiger partial charge in [0, 0.05) is 20.2 Å². The molecule has 1 amide bonds. The number of methoxy groups -OCH3 is 1. The summed E-state index contributed by atoms with van der Waals surface area (Å²) in [5.41, 5.74) is 0. The third kappa shape index (κ3) is 2.11. The zero-order chi connectivity index (χ0) is 9.14. The molecule has 1 fully saturated rings. The average Bonchev–Trinajstić information content (AvgIpc) is 2.50. The van der Waals surface area contributed by atoms with Gasteiger partial charge in [-0.3, -0.25) is 4.79 Å². The quantitative estimate of drug-likeness (QED) is 0.606. The number of halogens is 1. The first-order chi connectivity index (χ1) is 5.65. The first-order valence-corrected chi connectivity index (χ1v) is 4.54. The third-order valence-electron chi connectivity index (χ3n) is 2.13. The van der Waals surface area contributed by atoms with Crippen LogP contribution in [0.25, 0.3) is 0 Å². The van der Waals surface area contributed by atoms with E-state index in [0.29, 0.717) is 6.54 Å². The molecule has 0 N–H and O–H groups in total. The van der Waals surface area contributed by atoms with Crippen LogP contribution in [-0.4, -0.2) is 42.5 Å². The van der Waals surface area contributed by atoms with Gasteiger partial charge in [-0.05, 0) is 13.3 Å². The Labute approximate surface area is 77.6 Å². The maximum Gasteiger partial charge on any atom is 0.240 e. The highest BCUT2D eigenvalue weighted by Gasteiger charge is 2.27. The molecule has 0 unspecified atom stereocenters. The van der Waals surface area contributed by atoms with Gasteiger partial charge in [-0.15, -0.1) is 11.6 Å². The van der Waals surface area contributed by atoms with E-state index in [0.717, 1.165) is 13.0 Å². The summed E-state index contributed by atoms with van der Waals surface area (Å²) in [5, 5.41) is -0.416. The number of amides is 1. The molecule has 1 aliphatic rings. The number of hydrogen-bond donors (Lipinski definition) is 0. The number of nitrogens with zero attached hydrogens (tertiary/aromatic N) is 1. The lowest BCUT2D eigenvalue weighted by atomic mass is 10.3. The molecular formula is C8H14ClNO2. The van der Waals surface area contributed by atoms with Crippen LogP contribution in [-0.2, 0) is 9.53 Å². The molecule has 0 radical (unpaired) electrons. The van der Waals surface area contributed by atoms with E-state index in [-0.39, 0.29) is 12.0 Å². The molecule has 0 aromatic heterocycles. The van der Waals surface area contributed by atoms with Gasteiger partial charge in [-0.25, -0.2) is 0 Å². The van der Waals surface area contributed by atoms with E-state index in [1.165, 1.54) is 0 Å².